The summed E-state index contributed by atoms with van der Waals surface area (Å²) in [6.07, 6.45) is -0.218. The molecule has 170 valence electrons. The third-order valence-electron chi connectivity index (χ3n) is 6.86. The fourth-order valence-corrected chi connectivity index (χ4v) is 4.97. The number of rotatable bonds is 5. The van der Waals surface area contributed by atoms with E-state index >= 15 is 0 Å². The number of anilines is 2. The molecule has 32 heavy (non-hydrogen) atoms. The van der Waals surface area contributed by atoms with Crippen LogP contribution >= 0.6 is 0 Å². The van der Waals surface area contributed by atoms with Crippen LogP contribution in [0.15, 0.2) is 54.6 Å². The summed E-state index contributed by atoms with van der Waals surface area (Å²) in [5, 5.41) is 10.8. The van der Waals surface area contributed by atoms with E-state index < -0.39 is 0 Å². The van der Waals surface area contributed by atoms with E-state index in [9.17, 15) is 4.79 Å². The third-order valence-corrected chi connectivity index (χ3v) is 6.86. The molecule has 3 saturated heterocycles. The summed E-state index contributed by atoms with van der Waals surface area (Å²) in [6, 6.07) is 18.9. The number of hydrogen-bond donors (Lipinski definition) is 5. The second kappa shape index (κ2) is 9.46. The van der Waals surface area contributed by atoms with Gasteiger partial charge in [-0.05, 0) is 36.4 Å². The minimum Gasteiger partial charge on any atom is -0.369 e. The number of likely N-dealkylation sites (N-methyl/N-ethyl adjacent to an activating group) is 1. The lowest BCUT2D eigenvalue weighted by molar-refractivity contribution is -0.131. The number of benzene rings is 2. The first-order chi connectivity index (χ1) is 15.7. The largest absolute Gasteiger partial charge is 0.369 e. The second-order valence-electron chi connectivity index (χ2n) is 8.77. The monoisotopic (exact) mass is 435 g/mol. The molecule has 3 heterocycles. The molecule has 0 radical (unpaired) electrons. The Labute approximate surface area is 189 Å². The number of piperazine rings is 1. The minimum atomic E-state index is -0.224. The van der Waals surface area contributed by atoms with Gasteiger partial charge in [0.1, 0.15) is 0 Å². The average molecular weight is 436 g/mol. The minimum absolute atomic E-state index is 0.00400. The van der Waals surface area contributed by atoms with Crippen LogP contribution in [0.4, 0.5) is 11.4 Å². The number of hydrogen-bond acceptors (Lipinski definition) is 7. The fourth-order valence-electron chi connectivity index (χ4n) is 4.97. The molecule has 0 spiro atoms. The van der Waals surface area contributed by atoms with Crippen LogP contribution < -0.4 is 31.7 Å². The summed E-state index contributed by atoms with van der Waals surface area (Å²) < 4.78 is 0. The van der Waals surface area contributed by atoms with Crippen molar-refractivity contribution in [2.45, 2.75) is 25.3 Å². The highest BCUT2D eigenvalue weighted by atomic mass is 16.2. The molecule has 2 aromatic carbocycles. The average Bonchev–Trinajstić information content (AvgIpc) is 2.85. The maximum atomic E-state index is 12.7. The lowest BCUT2D eigenvalue weighted by atomic mass is 9.89. The Kier molecular flexibility index (Phi) is 6.27. The van der Waals surface area contributed by atoms with Gasteiger partial charge < -0.3 is 15.1 Å². The predicted octanol–water partition coefficient (Wildman–Crippen LogP) is 1.08. The Balaban J connectivity index is 1.30. The molecule has 0 bridgehead atoms. The molecule has 5 rings (SSSR count). The highest BCUT2D eigenvalue weighted by Crippen LogP contribution is 2.27. The van der Waals surface area contributed by atoms with Gasteiger partial charge in [-0.1, -0.05) is 37.3 Å². The molecule has 3 aliphatic rings. The first-order valence-electron chi connectivity index (χ1n) is 11.6. The summed E-state index contributed by atoms with van der Waals surface area (Å²) in [4.78, 5) is 17.6. The normalized spacial score (nSPS) is 28.7. The van der Waals surface area contributed by atoms with E-state index in [0.717, 1.165) is 44.0 Å². The van der Waals surface area contributed by atoms with Crippen molar-refractivity contribution >= 4 is 17.3 Å². The lowest BCUT2D eigenvalue weighted by Gasteiger charge is -2.46. The molecule has 1 amide bonds. The van der Waals surface area contributed by atoms with Crippen LogP contribution in [-0.4, -0.2) is 62.3 Å². The first kappa shape index (κ1) is 21.2. The Morgan fingerprint density at radius 3 is 2.44 bits per heavy atom. The van der Waals surface area contributed by atoms with E-state index in [4.69, 9.17) is 0 Å². The quantitative estimate of drug-likeness (QED) is 0.481. The van der Waals surface area contributed by atoms with Gasteiger partial charge in [-0.2, -0.15) is 0 Å². The molecule has 8 nitrogen and oxygen atoms in total. The maximum absolute atomic E-state index is 12.7. The number of amides is 1. The number of carbonyl (C=O) groups is 1. The van der Waals surface area contributed by atoms with E-state index in [1.54, 1.807) is 0 Å². The van der Waals surface area contributed by atoms with Crippen molar-refractivity contribution in [3.05, 3.63) is 60.2 Å². The number of fused-ring (bicyclic) bond motifs is 1. The molecule has 0 saturated carbocycles. The smallest absolute Gasteiger partial charge is 0.242 e. The fraction of sp³-hybridized carbons (Fsp3) is 0.458. The van der Waals surface area contributed by atoms with Gasteiger partial charge in [0.25, 0.3) is 0 Å². The van der Waals surface area contributed by atoms with Crippen LogP contribution in [0.25, 0.3) is 0 Å². The summed E-state index contributed by atoms with van der Waals surface area (Å²) in [5.41, 5.74) is 9.23. The van der Waals surface area contributed by atoms with Crippen LogP contribution in [0, 0.1) is 5.92 Å². The summed E-state index contributed by atoms with van der Waals surface area (Å²) in [7, 11) is 0. The Morgan fingerprint density at radius 1 is 0.969 bits per heavy atom. The highest BCUT2D eigenvalue weighted by Gasteiger charge is 2.43. The Hall–Kier alpha value is -2.65. The van der Waals surface area contributed by atoms with Crippen LogP contribution in [-0.2, 0) is 4.79 Å². The lowest BCUT2D eigenvalue weighted by Crippen LogP contribution is -2.71. The zero-order chi connectivity index (χ0) is 21.9. The number of nitrogens with one attached hydrogen (secondary N) is 5. The van der Waals surface area contributed by atoms with Crippen LogP contribution in [0.1, 0.15) is 18.7 Å². The van der Waals surface area contributed by atoms with Crippen molar-refractivity contribution in [3.63, 3.8) is 0 Å². The zero-order valence-corrected chi connectivity index (χ0v) is 18.6. The Morgan fingerprint density at radius 2 is 1.72 bits per heavy atom. The van der Waals surface area contributed by atoms with Crippen molar-refractivity contribution in [2.24, 2.45) is 5.92 Å². The number of hydrazine groups is 1. The molecular weight excluding hydrogens is 402 g/mol. The molecular formula is C24H33N7O. The summed E-state index contributed by atoms with van der Waals surface area (Å²) in [5.74, 6) is -0.228. The number of carbonyl (C=O) groups excluding carboxylic acids is 1. The second-order valence-corrected chi connectivity index (χ2v) is 8.77. The molecule has 0 aliphatic carbocycles. The maximum Gasteiger partial charge on any atom is 0.242 e. The van der Waals surface area contributed by atoms with E-state index in [-0.39, 0.29) is 30.2 Å². The van der Waals surface area contributed by atoms with E-state index in [1.807, 2.05) is 18.2 Å². The Bertz CT molecular complexity index is 898. The zero-order valence-electron chi connectivity index (χ0n) is 18.6. The van der Waals surface area contributed by atoms with Crippen LogP contribution in [0.3, 0.4) is 0 Å². The van der Waals surface area contributed by atoms with Crippen LogP contribution in [0.2, 0.25) is 0 Å². The molecule has 8 heteroatoms. The van der Waals surface area contributed by atoms with E-state index in [2.05, 4.69) is 79.9 Å². The molecule has 5 N–H and O–H groups in total. The molecule has 0 aromatic heterocycles. The van der Waals surface area contributed by atoms with Crippen molar-refractivity contribution in [2.75, 3.05) is 49.5 Å². The van der Waals surface area contributed by atoms with Gasteiger partial charge in [0.2, 0.25) is 5.91 Å². The molecule has 3 aliphatic heterocycles. The summed E-state index contributed by atoms with van der Waals surface area (Å²) in [6.45, 7) is 8.38. The van der Waals surface area contributed by atoms with Gasteiger partial charge in [0, 0.05) is 50.1 Å². The topological polar surface area (TPSA) is 83.7 Å². The molecule has 2 aromatic rings. The highest BCUT2D eigenvalue weighted by molar-refractivity contribution is 5.81. The van der Waals surface area contributed by atoms with E-state index in [0.29, 0.717) is 6.54 Å². The van der Waals surface area contributed by atoms with Gasteiger partial charge in [-0.15, -0.1) is 0 Å². The SMILES string of the molecule is CCN1CCN(c2ccc(NC3NC(c4ccccc4)NC4CNNC(=O)C43)cc2)CC1. The van der Waals surface area contributed by atoms with E-state index in [1.165, 1.54) is 5.69 Å². The number of nitrogens with zero attached hydrogens (tertiary/aromatic N) is 2. The molecule has 4 atom stereocenters. The third kappa shape index (κ3) is 4.45. The molecule has 3 fully saturated rings. The summed E-state index contributed by atoms with van der Waals surface area (Å²) >= 11 is 0. The van der Waals surface area contributed by atoms with Crippen LogP contribution in [0.5, 0.6) is 0 Å². The van der Waals surface area contributed by atoms with Gasteiger partial charge in [-0.25, -0.2) is 5.43 Å². The van der Waals surface area contributed by atoms with Gasteiger partial charge in [-0.3, -0.25) is 20.9 Å². The van der Waals surface area contributed by atoms with Gasteiger partial charge in [0.15, 0.2) is 0 Å². The van der Waals surface area contributed by atoms with Crippen molar-refractivity contribution in [1.29, 1.82) is 0 Å². The van der Waals surface area contributed by atoms with Gasteiger partial charge >= 0.3 is 0 Å². The standard InChI is InChI=1S/C24H33N7O/c1-2-30-12-14-31(15-13-30)19-10-8-18(9-11-19)26-23-21-20(16-25-29-24(21)32)27-22(28-23)17-6-4-3-5-7-17/h3-11,20-23,25-28H,2,12-16H2,1H3,(H,29,32). The first-order valence-corrected chi connectivity index (χ1v) is 11.6. The van der Waals surface area contributed by atoms with Crippen molar-refractivity contribution < 1.29 is 4.79 Å². The van der Waals surface area contributed by atoms with Crippen molar-refractivity contribution in [3.8, 4) is 0 Å². The molecule has 4 unspecified atom stereocenters. The van der Waals surface area contributed by atoms with Gasteiger partial charge in [0.05, 0.1) is 18.2 Å². The predicted molar refractivity (Wildman–Crippen MR) is 127 cm³/mol. The van der Waals surface area contributed by atoms with Crippen molar-refractivity contribution in [1.82, 2.24) is 26.4 Å².